The van der Waals surface area contributed by atoms with E-state index in [0.29, 0.717) is 18.0 Å². The summed E-state index contributed by atoms with van der Waals surface area (Å²) in [5, 5.41) is 3.75. The van der Waals surface area contributed by atoms with Crippen molar-refractivity contribution in [1.29, 1.82) is 0 Å². The highest BCUT2D eigenvalue weighted by Crippen LogP contribution is 2.21. The fraction of sp³-hybridized carbons (Fsp3) is 0.226. The van der Waals surface area contributed by atoms with Crippen LogP contribution in [0.3, 0.4) is 0 Å². The fourth-order valence-electron chi connectivity index (χ4n) is 4.56. The van der Waals surface area contributed by atoms with E-state index in [0.717, 1.165) is 54.2 Å². The van der Waals surface area contributed by atoms with Crippen LogP contribution in [-0.4, -0.2) is 35.0 Å². The molecule has 1 fully saturated rings. The minimum absolute atomic E-state index is 0.107. The number of rotatable bonds is 8. The van der Waals surface area contributed by atoms with Crippen molar-refractivity contribution in [2.24, 2.45) is 0 Å². The maximum absolute atomic E-state index is 12.6. The smallest absolute Gasteiger partial charge is 0.251 e. The third kappa shape index (κ3) is 6.97. The van der Waals surface area contributed by atoms with E-state index in [4.69, 9.17) is 16.3 Å². The summed E-state index contributed by atoms with van der Waals surface area (Å²) in [6, 6.07) is 29.7. The molecule has 0 spiro atoms. The predicted octanol–water partition coefficient (Wildman–Crippen LogP) is 6.38. The van der Waals surface area contributed by atoms with Crippen molar-refractivity contribution in [2.45, 2.75) is 32.0 Å². The Morgan fingerprint density at radius 3 is 2.35 bits per heavy atom. The molecule has 1 aromatic heterocycles. The Morgan fingerprint density at radius 1 is 0.892 bits per heavy atom. The van der Waals surface area contributed by atoms with E-state index in [9.17, 15) is 4.79 Å². The number of hydrogen-bond donors (Lipinski definition) is 1. The van der Waals surface area contributed by atoms with Gasteiger partial charge in [0.05, 0.1) is 0 Å². The SMILES string of the molecule is O=C(NCc1ccc(OC2CCN(Cc3cccc(Cl)c3)CC2)nc1)c1ccc(-c2ccccc2)cc1. The number of aromatic nitrogens is 1. The van der Waals surface area contributed by atoms with Crippen molar-refractivity contribution in [2.75, 3.05) is 13.1 Å². The second kappa shape index (κ2) is 12.0. The Labute approximate surface area is 223 Å². The van der Waals surface area contributed by atoms with Gasteiger partial charge in [0, 0.05) is 49.0 Å². The van der Waals surface area contributed by atoms with Crippen molar-refractivity contribution in [3.05, 3.63) is 119 Å². The standard InChI is InChI=1S/C31H30ClN3O2/c32-28-8-4-5-23(19-28)22-35-17-15-29(16-18-35)37-30-14-9-24(20-33-30)21-34-31(36)27-12-10-26(11-13-27)25-6-2-1-3-7-25/h1-14,19-20,29H,15-18,21-22H2,(H,34,36). The average Bonchev–Trinajstić information content (AvgIpc) is 2.94. The molecule has 1 N–H and O–H groups in total. The summed E-state index contributed by atoms with van der Waals surface area (Å²) in [4.78, 5) is 19.5. The molecule has 5 rings (SSSR count). The molecule has 1 saturated heterocycles. The van der Waals surface area contributed by atoms with Crippen LogP contribution in [0, 0.1) is 0 Å². The lowest BCUT2D eigenvalue weighted by Crippen LogP contribution is -2.37. The number of benzene rings is 3. The summed E-state index contributed by atoms with van der Waals surface area (Å²) in [5.74, 6) is 0.518. The van der Waals surface area contributed by atoms with Crippen LogP contribution in [0.5, 0.6) is 5.88 Å². The van der Waals surface area contributed by atoms with Crippen LogP contribution in [0.4, 0.5) is 0 Å². The van der Waals surface area contributed by atoms with Gasteiger partial charge in [0.2, 0.25) is 5.88 Å². The minimum atomic E-state index is -0.107. The molecular weight excluding hydrogens is 482 g/mol. The molecule has 0 aliphatic carbocycles. The summed E-state index contributed by atoms with van der Waals surface area (Å²) in [6.07, 6.45) is 3.85. The van der Waals surface area contributed by atoms with E-state index in [1.807, 2.05) is 72.8 Å². The van der Waals surface area contributed by atoms with Gasteiger partial charge in [-0.2, -0.15) is 0 Å². The number of likely N-dealkylation sites (tertiary alicyclic amines) is 1. The van der Waals surface area contributed by atoms with E-state index in [2.05, 4.69) is 33.4 Å². The number of nitrogens with one attached hydrogen (secondary N) is 1. The molecule has 0 atom stereocenters. The summed E-state index contributed by atoms with van der Waals surface area (Å²) < 4.78 is 6.12. The molecule has 0 unspecified atom stereocenters. The van der Waals surface area contributed by atoms with E-state index in [1.165, 1.54) is 5.56 Å². The van der Waals surface area contributed by atoms with Crippen molar-refractivity contribution in [3.8, 4) is 17.0 Å². The first-order valence-corrected chi connectivity index (χ1v) is 13.0. The number of amides is 1. The van der Waals surface area contributed by atoms with Crippen molar-refractivity contribution in [3.63, 3.8) is 0 Å². The van der Waals surface area contributed by atoms with Gasteiger partial charge in [0.25, 0.3) is 5.91 Å². The van der Waals surface area contributed by atoms with Gasteiger partial charge in [-0.25, -0.2) is 4.98 Å². The van der Waals surface area contributed by atoms with Crippen LogP contribution in [0.25, 0.3) is 11.1 Å². The van der Waals surface area contributed by atoms with E-state index >= 15 is 0 Å². The van der Waals surface area contributed by atoms with Gasteiger partial charge in [0.1, 0.15) is 6.10 Å². The lowest BCUT2D eigenvalue weighted by atomic mass is 10.0. The second-order valence-corrected chi connectivity index (χ2v) is 9.79. The molecule has 3 aromatic carbocycles. The number of piperidine rings is 1. The first-order chi connectivity index (χ1) is 18.1. The maximum Gasteiger partial charge on any atom is 0.251 e. The van der Waals surface area contributed by atoms with Crippen LogP contribution in [-0.2, 0) is 13.1 Å². The van der Waals surface area contributed by atoms with Crippen molar-refractivity contribution >= 4 is 17.5 Å². The number of ether oxygens (including phenoxy) is 1. The van der Waals surface area contributed by atoms with Crippen LogP contribution in [0.15, 0.2) is 97.2 Å². The van der Waals surface area contributed by atoms with E-state index in [-0.39, 0.29) is 12.0 Å². The van der Waals surface area contributed by atoms with Crippen LogP contribution in [0.1, 0.15) is 34.3 Å². The highest BCUT2D eigenvalue weighted by Gasteiger charge is 2.21. The number of pyridine rings is 1. The summed E-state index contributed by atoms with van der Waals surface area (Å²) in [6.45, 7) is 3.28. The molecule has 1 aliphatic rings. The molecule has 37 heavy (non-hydrogen) atoms. The topological polar surface area (TPSA) is 54.5 Å². The van der Waals surface area contributed by atoms with Crippen LogP contribution >= 0.6 is 11.6 Å². The van der Waals surface area contributed by atoms with Crippen LogP contribution < -0.4 is 10.1 Å². The van der Waals surface area contributed by atoms with Gasteiger partial charge in [-0.3, -0.25) is 9.69 Å². The van der Waals surface area contributed by atoms with Crippen molar-refractivity contribution < 1.29 is 9.53 Å². The monoisotopic (exact) mass is 511 g/mol. The molecule has 2 heterocycles. The average molecular weight is 512 g/mol. The van der Waals surface area contributed by atoms with Gasteiger partial charge in [-0.1, -0.05) is 72.3 Å². The predicted molar refractivity (Wildman–Crippen MR) is 148 cm³/mol. The van der Waals surface area contributed by atoms with Gasteiger partial charge < -0.3 is 10.1 Å². The Kier molecular flexibility index (Phi) is 8.14. The largest absolute Gasteiger partial charge is 0.474 e. The molecule has 1 aliphatic heterocycles. The zero-order valence-corrected chi connectivity index (χ0v) is 21.4. The zero-order valence-electron chi connectivity index (χ0n) is 20.6. The molecule has 0 bridgehead atoms. The van der Waals surface area contributed by atoms with Crippen molar-refractivity contribution in [1.82, 2.24) is 15.2 Å². The Balaban J connectivity index is 1.06. The van der Waals surface area contributed by atoms with Gasteiger partial charge in [0.15, 0.2) is 0 Å². The van der Waals surface area contributed by atoms with Gasteiger partial charge in [-0.15, -0.1) is 0 Å². The number of hydrogen-bond acceptors (Lipinski definition) is 4. The van der Waals surface area contributed by atoms with E-state index < -0.39 is 0 Å². The molecule has 188 valence electrons. The number of carbonyl (C=O) groups is 1. The number of nitrogens with zero attached hydrogens (tertiary/aromatic N) is 2. The molecule has 5 nitrogen and oxygen atoms in total. The normalized spacial score (nSPS) is 14.3. The molecule has 6 heteroatoms. The summed E-state index contributed by atoms with van der Waals surface area (Å²) in [5.41, 5.74) is 5.02. The lowest BCUT2D eigenvalue weighted by Gasteiger charge is -2.31. The molecule has 1 amide bonds. The number of carbonyl (C=O) groups excluding carboxylic acids is 1. The summed E-state index contributed by atoms with van der Waals surface area (Å²) in [7, 11) is 0. The highest BCUT2D eigenvalue weighted by atomic mass is 35.5. The zero-order chi connectivity index (χ0) is 25.5. The van der Waals surface area contributed by atoms with Gasteiger partial charge in [-0.05, 0) is 59.4 Å². The quantitative estimate of drug-likeness (QED) is 0.298. The molecule has 0 saturated carbocycles. The fourth-order valence-corrected chi connectivity index (χ4v) is 4.78. The van der Waals surface area contributed by atoms with Crippen LogP contribution in [0.2, 0.25) is 5.02 Å². The third-order valence-corrected chi connectivity index (χ3v) is 6.86. The van der Waals surface area contributed by atoms with Gasteiger partial charge >= 0.3 is 0 Å². The Bertz CT molecular complexity index is 1300. The Hall–Kier alpha value is -3.67. The highest BCUT2D eigenvalue weighted by molar-refractivity contribution is 6.30. The first kappa shape index (κ1) is 25.0. The van der Waals surface area contributed by atoms with E-state index in [1.54, 1.807) is 6.20 Å². The third-order valence-electron chi connectivity index (χ3n) is 6.62. The number of halogens is 1. The maximum atomic E-state index is 12.6. The molecule has 0 radical (unpaired) electrons. The lowest BCUT2D eigenvalue weighted by molar-refractivity contribution is 0.0932. The Morgan fingerprint density at radius 2 is 1.65 bits per heavy atom. The summed E-state index contributed by atoms with van der Waals surface area (Å²) >= 11 is 6.11. The molecular formula is C31H30ClN3O2. The molecule has 4 aromatic rings. The first-order valence-electron chi connectivity index (χ1n) is 12.6. The minimum Gasteiger partial charge on any atom is -0.474 e. The second-order valence-electron chi connectivity index (χ2n) is 9.35.